The number of rotatable bonds is 5. The fraction of sp³-hybridized carbons (Fsp3) is 0.533. The summed E-state index contributed by atoms with van der Waals surface area (Å²) in [7, 11) is 5.02. The molecule has 1 fully saturated rings. The van der Waals surface area contributed by atoms with Crippen molar-refractivity contribution in [2.45, 2.75) is 6.42 Å². The van der Waals surface area contributed by atoms with Crippen molar-refractivity contribution in [1.29, 1.82) is 0 Å². The molecule has 0 N–H and O–H groups in total. The van der Waals surface area contributed by atoms with E-state index in [0.717, 1.165) is 19.5 Å². The Kier molecular flexibility index (Phi) is 4.84. The highest BCUT2D eigenvalue weighted by atomic mass is 16.5. The predicted octanol–water partition coefficient (Wildman–Crippen LogP) is 1.81. The van der Waals surface area contributed by atoms with Crippen molar-refractivity contribution in [1.82, 2.24) is 4.90 Å². The van der Waals surface area contributed by atoms with Crippen molar-refractivity contribution in [2.75, 3.05) is 41.0 Å². The number of methoxy groups -OCH3 is 2. The number of benzene rings is 1. The van der Waals surface area contributed by atoms with E-state index in [1.54, 1.807) is 25.3 Å². The maximum Gasteiger partial charge on any atom is 0.341 e. The summed E-state index contributed by atoms with van der Waals surface area (Å²) in [4.78, 5) is 14.1. The molecule has 0 radical (unpaired) electrons. The zero-order valence-corrected chi connectivity index (χ0v) is 12.2. The fourth-order valence-electron chi connectivity index (χ4n) is 2.46. The van der Waals surface area contributed by atoms with Gasteiger partial charge in [0.1, 0.15) is 5.56 Å². The monoisotopic (exact) mass is 279 g/mol. The first kappa shape index (κ1) is 14.7. The Labute approximate surface area is 119 Å². The molecule has 1 aromatic rings. The summed E-state index contributed by atoms with van der Waals surface area (Å²) in [5.41, 5.74) is 0.401. The number of carbonyl (C=O) groups is 1. The fourth-order valence-corrected chi connectivity index (χ4v) is 2.46. The van der Waals surface area contributed by atoms with Crippen LogP contribution < -0.4 is 9.47 Å². The number of carbonyl (C=O) groups excluding carboxylic acids is 1. The summed E-state index contributed by atoms with van der Waals surface area (Å²) in [5.74, 6) is 1.09. The van der Waals surface area contributed by atoms with Gasteiger partial charge in [-0.2, -0.15) is 0 Å². The van der Waals surface area contributed by atoms with Gasteiger partial charge < -0.3 is 19.1 Å². The Morgan fingerprint density at radius 2 is 2.20 bits per heavy atom. The van der Waals surface area contributed by atoms with E-state index in [4.69, 9.17) is 14.2 Å². The van der Waals surface area contributed by atoms with E-state index in [9.17, 15) is 4.79 Å². The Hall–Kier alpha value is -1.75. The van der Waals surface area contributed by atoms with Gasteiger partial charge in [0.25, 0.3) is 0 Å². The van der Waals surface area contributed by atoms with Crippen molar-refractivity contribution >= 4 is 5.97 Å². The molecule has 1 unspecified atom stereocenters. The number of likely N-dealkylation sites (tertiary alicyclic amines) is 1. The number of ether oxygens (including phenoxy) is 3. The lowest BCUT2D eigenvalue weighted by Crippen LogP contribution is -2.19. The third-order valence-corrected chi connectivity index (χ3v) is 3.56. The summed E-state index contributed by atoms with van der Waals surface area (Å²) in [6, 6.07) is 5.22. The summed E-state index contributed by atoms with van der Waals surface area (Å²) in [6.45, 7) is 2.68. The summed E-state index contributed by atoms with van der Waals surface area (Å²) >= 11 is 0. The van der Waals surface area contributed by atoms with Gasteiger partial charge in [0, 0.05) is 12.5 Å². The minimum atomic E-state index is -0.414. The number of hydrogen-bond donors (Lipinski definition) is 0. The third-order valence-electron chi connectivity index (χ3n) is 3.56. The van der Waals surface area contributed by atoms with Gasteiger partial charge in [0.05, 0.1) is 20.8 Å². The first-order valence-corrected chi connectivity index (χ1v) is 6.72. The molecular weight excluding hydrogens is 258 g/mol. The molecule has 110 valence electrons. The number of nitrogens with zero attached hydrogens (tertiary/aromatic N) is 1. The molecule has 1 heterocycles. The quantitative estimate of drug-likeness (QED) is 0.769. The van der Waals surface area contributed by atoms with Gasteiger partial charge in [-0.25, -0.2) is 4.79 Å². The van der Waals surface area contributed by atoms with Gasteiger partial charge in [-0.15, -0.1) is 0 Å². The second-order valence-electron chi connectivity index (χ2n) is 5.06. The van der Waals surface area contributed by atoms with Gasteiger partial charge in [-0.3, -0.25) is 0 Å². The average Bonchev–Trinajstić information content (AvgIpc) is 2.89. The molecule has 1 saturated heterocycles. The molecular formula is C15H21NO4. The van der Waals surface area contributed by atoms with Crippen molar-refractivity contribution in [3.8, 4) is 11.5 Å². The summed E-state index contributed by atoms with van der Waals surface area (Å²) < 4.78 is 15.9. The van der Waals surface area contributed by atoms with Crippen LogP contribution in [-0.4, -0.2) is 51.8 Å². The molecule has 0 amide bonds. The van der Waals surface area contributed by atoms with Gasteiger partial charge in [0.15, 0.2) is 11.5 Å². The van der Waals surface area contributed by atoms with E-state index in [2.05, 4.69) is 11.9 Å². The number of hydrogen-bond acceptors (Lipinski definition) is 5. The molecule has 5 nitrogen and oxygen atoms in total. The predicted molar refractivity (Wildman–Crippen MR) is 75.4 cm³/mol. The van der Waals surface area contributed by atoms with Crippen LogP contribution >= 0.6 is 0 Å². The molecule has 0 spiro atoms. The minimum Gasteiger partial charge on any atom is -0.493 e. The van der Waals surface area contributed by atoms with Crippen LogP contribution in [0.25, 0.3) is 0 Å². The van der Waals surface area contributed by atoms with Gasteiger partial charge in [0.2, 0.25) is 0 Å². The van der Waals surface area contributed by atoms with Crippen LogP contribution in [0.15, 0.2) is 18.2 Å². The lowest BCUT2D eigenvalue weighted by Gasteiger charge is -2.16. The van der Waals surface area contributed by atoms with Crippen molar-refractivity contribution in [3.63, 3.8) is 0 Å². The third kappa shape index (κ3) is 3.22. The zero-order chi connectivity index (χ0) is 14.5. The van der Waals surface area contributed by atoms with E-state index in [-0.39, 0.29) is 0 Å². The summed E-state index contributed by atoms with van der Waals surface area (Å²) in [5, 5.41) is 0. The molecule has 0 aliphatic carbocycles. The maximum atomic E-state index is 11.8. The van der Waals surface area contributed by atoms with Crippen molar-refractivity contribution in [3.05, 3.63) is 23.8 Å². The highest BCUT2D eigenvalue weighted by Crippen LogP contribution is 2.32. The Morgan fingerprint density at radius 1 is 1.40 bits per heavy atom. The molecule has 20 heavy (non-hydrogen) atoms. The zero-order valence-electron chi connectivity index (χ0n) is 12.2. The lowest BCUT2D eigenvalue weighted by molar-refractivity contribution is 0.0594. The largest absolute Gasteiger partial charge is 0.493 e. The molecule has 0 bridgehead atoms. The molecule has 0 aromatic heterocycles. The van der Waals surface area contributed by atoms with E-state index >= 15 is 0 Å². The summed E-state index contributed by atoms with van der Waals surface area (Å²) in [6.07, 6.45) is 1.11. The normalized spacial score (nSPS) is 18.9. The highest BCUT2D eigenvalue weighted by molar-refractivity contribution is 5.93. The number of para-hydroxylation sites is 1. The van der Waals surface area contributed by atoms with Crippen LogP contribution in [-0.2, 0) is 4.74 Å². The molecule has 2 rings (SSSR count). The van der Waals surface area contributed by atoms with E-state index < -0.39 is 5.97 Å². The van der Waals surface area contributed by atoms with Crippen molar-refractivity contribution < 1.29 is 19.0 Å². The number of esters is 1. The van der Waals surface area contributed by atoms with E-state index in [1.807, 2.05) is 0 Å². The Balaban J connectivity index is 2.13. The maximum absolute atomic E-state index is 11.8. The Bertz CT molecular complexity index is 475. The van der Waals surface area contributed by atoms with Crippen LogP contribution in [0, 0.1) is 5.92 Å². The van der Waals surface area contributed by atoms with E-state index in [1.165, 1.54) is 7.11 Å². The van der Waals surface area contributed by atoms with Crippen LogP contribution in [0.2, 0.25) is 0 Å². The highest BCUT2D eigenvalue weighted by Gasteiger charge is 2.23. The minimum absolute atomic E-state index is 0.401. The Morgan fingerprint density at radius 3 is 2.80 bits per heavy atom. The second-order valence-corrected chi connectivity index (χ2v) is 5.06. The SMILES string of the molecule is COC(=O)c1cccc(OC)c1OCC1CCN(C)C1. The molecule has 0 saturated carbocycles. The van der Waals surface area contributed by atoms with Gasteiger partial charge >= 0.3 is 5.97 Å². The van der Waals surface area contributed by atoms with Crippen LogP contribution in [0.3, 0.4) is 0 Å². The van der Waals surface area contributed by atoms with E-state index in [0.29, 0.717) is 29.6 Å². The first-order valence-electron chi connectivity index (χ1n) is 6.72. The van der Waals surface area contributed by atoms with Gasteiger partial charge in [-0.1, -0.05) is 6.07 Å². The smallest absolute Gasteiger partial charge is 0.341 e. The standard InChI is InChI=1S/C15H21NO4/c1-16-8-7-11(9-16)10-20-14-12(15(17)19-3)5-4-6-13(14)18-2/h4-6,11H,7-10H2,1-3H3. The molecule has 1 aliphatic heterocycles. The first-order chi connectivity index (χ1) is 9.65. The molecule has 1 aliphatic rings. The molecule has 1 aromatic carbocycles. The van der Waals surface area contributed by atoms with Crippen LogP contribution in [0.1, 0.15) is 16.8 Å². The van der Waals surface area contributed by atoms with Crippen LogP contribution in [0.5, 0.6) is 11.5 Å². The van der Waals surface area contributed by atoms with Crippen LogP contribution in [0.4, 0.5) is 0 Å². The topological polar surface area (TPSA) is 48.0 Å². The molecule has 1 atom stereocenters. The molecule has 5 heteroatoms. The van der Waals surface area contributed by atoms with Crippen molar-refractivity contribution in [2.24, 2.45) is 5.92 Å². The second kappa shape index (κ2) is 6.61. The van der Waals surface area contributed by atoms with Gasteiger partial charge in [-0.05, 0) is 32.1 Å². The average molecular weight is 279 g/mol. The lowest BCUT2D eigenvalue weighted by atomic mass is 10.1.